The van der Waals surface area contributed by atoms with Crippen LogP contribution < -0.4 is 11.3 Å². The van der Waals surface area contributed by atoms with Crippen LogP contribution in [0.4, 0.5) is 0 Å². The minimum atomic E-state index is -0.0649. The maximum Gasteiger partial charge on any atom is 0.233 e. The number of carbonyl (C=O) groups is 1. The molecular weight excluding hydrogens is 226 g/mol. The molecule has 18 heavy (non-hydrogen) atoms. The standard InChI is InChI=1S/C14H29N3O/c1-4-12-6-8-13(9-7-12)17(3)11(2)5-10-14(18)16-15/h11-13H,4-10,15H2,1-3H3,(H,16,18). The summed E-state index contributed by atoms with van der Waals surface area (Å²) in [6.07, 6.45) is 8.07. The maximum absolute atomic E-state index is 11.1. The minimum absolute atomic E-state index is 0.0649. The molecule has 4 heteroatoms. The van der Waals surface area contributed by atoms with E-state index in [0.29, 0.717) is 18.5 Å². The fraction of sp³-hybridized carbons (Fsp3) is 0.929. The van der Waals surface area contributed by atoms with E-state index < -0.39 is 0 Å². The van der Waals surface area contributed by atoms with Gasteiger partial charge in [0.25, 0.3) is 0 Å². The van der Waals surface area contributed by atoms with Crippen molar-refractivity contribution in [2.45, 2.75) is 70.9 Å². The zero-order valence-electron chi connectivity index (χ0n) is 12.1. The molecule has 0 aliphatic heterocycles. The van der Waals surface area contributed by atoms with Crippen molar-refractivity contribution in [3.63, 3.8) is 0 Å². The Labute approximate surface area is 111 Å². The lowest BCUT2D eigenvalue weighted by atomic mass is 9.83. The lowest BCUT2D eigenvalue weighted by molar-refractivity contribution is -0.121. The fourth-order valence-corrected chi connectivity index (χ4v) is 2.94. The van der Waals surface area contributed by atoms with Gasteiger partial charge in [-0.25, -0.2) is 5.84 Å². The third-order valence-corrected chi connectivity index (χ3v) is 4.62. The first kappa shape index (κ1) is 15.4. The molecule has 1 amide bonds. The number of amides is 1. The van der Waals surface area contributed by atoms with Crippen LogP contribution in [-0.2, 0) is 4.79 Å². The lowest BCUT2D eigenvalue weighted by Crippen LogP contribution is -2.41. The smallest absolute Gasteiger partial charge is 0.233 e. The molecule has 106 valence electrons. The molecule has 1 atom stereocenters. The van der Waals surface area contributed by atoms with Gasteiger partial charge in [0, 0.05) is 18.5 Å². The van der Waals surface area contributed by atoms with Gasteiger partial charge in [0.05, 0.1) is 0 Å². The van der Waals surface area contributed by atoms with Crippen molar-refractivity contribution >= 4 is 5.91 Å². The molecule has 1 aliphatic carbocycles. The Hall–Kier alpha value is -0.610. The highest BCUT2D eigenvalue weighted by atomic mass is 16.2. The van der Waals surface area contributed by atoms with Gasteiger partial charge in [0.2, 0.25) is 5.91 Å². The highest BCUT2D eigenvalue weighted by Gasteiger charge is 2.25. The van der Waals surface area contributed by atoms with E-state index in [2.05, 4.69) is 31.2 Å². The van der Waals surface area contributed by atoms with Crippen molar-refractivity contribution in [2.24, 2.45) is 11.8 Å². The van der Waals surface area contributed by atoms with Crippen molar-refractivity contribution in [2.75, 3.05) is 7.05 Å². The quantitative estimate of drug-likeness (QED) is 0.434. The van der Waals surface area contributed by atoms with Gasteiger partial charge in [-0.2, -0.15) is 0 Å². The summed E-state index contributed by atoms with van der Waals surface area (Å²) in [5, 5.41) is 0. The largest absolute Gasteiger partial charge is 0.301 e. The van der Waals surface area contributed by atoms with Crippen LogP contribution in [0.25, 0.3) is 0 Å². The van der Waals surface area contributed by atoms with Crippen LogP contribution in [0.3, 0.4) is 0 Å². The number of rotatable bonds is 6. The molecule has 0 spiro atoms. The first-order valence-corrected chi connectivity index (χ1v) is 7.29. The number of nitrogens with one attached hydrogen (secondary N) is 1. The molecule has 1 fully saturated rings. The Bertz CT molecular complexity index is 249. The molecule has 0 radical (unpaired) electrons. The Balaban J connectivity index is 2.30. The number of nitrogens with two attached hydrogens (primary N) is 1. The van der Waals surface area contributed by atoms with Crippen LogP contribution >= 0.6 is 0 Å². The van der Waals surface area contributed by atoms with Crippen molar-refractivity contribution in [1.82, 2.24) is 10.3 Å². The summed E-state index contributed by atoms with van der Waals surface area (Å²) in [5.74, 6) is 5.97. The predicted molar refractivity (Wildman–Crippen MR) is 74.8 cm³/mol. The van der Waals surface area contributed by atoms with Crippen molar-refractivity contribution in [3.8, 4) is 0 Å². The average Bonchev–Trinajstić information content (AvgIpc) is 2.43. The summed E-state index contributed by atoms with van der Waals surface area (Å²) in [4.78, 5) is 13.6. The van der Waals surface area contributed by atoms with Gasteiger partial charge in [-0.15, -0.1) is 0 Å². The molecule has 0 aromatic rings. The highest BCUT2D eigenvalue weighted by Crippen LogP contribution is 2.30. The first-order valence-electron chi connectivity index (χ1n) is 7.29. The van der Waals surface area contributed by atoms with Gasteiger partial charge < -0.3 is 4.90 Å². The number of hydrogen-bond acceptors (Lipinski definition) is 3. The number of nitrogens with zero attached hydrogens (tertiary/aromatic N) is 1. The van der Waals surface area contributed by atoms with E-state index in [1.807, 2.05) is 0 Å². The van der Waals surface area contributed by atoms with Crippen molar-refractivity contribution in [1.29, 1.82) is 0 Å². The number of hydrazine groups is 1. The van der Waals surface area contributed by atoms with Crippen LogP contribution in [0, 0.1) is 5.92 Å². The van der Waals surface area contributed by atoms with Gasteiger partial charge in [0.15, 0.2) is 0 Å². The molecule has 0 aromatic carbocycles. The van der Waals surface area contributed by atoms with E-state index in [0.717, 1.165) is 12.3 Å². The van der Waals surface area contributed by atoms with E-state index in [1.54, 1.807) is 0 Å². The second-order valence-electron chi connectivity index (χ2n) is 5.70. The van der Waals surface area contributed by atoms with Gasteiger partial charge in [-0.3, -0.25) is 10.2 Å². The molecule has 0 bridgehead atoms. The third kappa shape index (κ3) is 4.58. The monoisotopic (exact) mass is 255 g/mol. The summed E-state index contributed by atoms with van der Waals surface area (Å²) in [6, 6.07) is 1.15. The maximum atomic E-state index is 11.1. The summed E-state index contributed by atoms with van der Waals surface area (Å²) in [6.45, 7) is 4.50. The topological polar surface area (TPSA) is 58.4 Å². The van der Waals surface area contributed by atoms with Gasteiger partial charge in [-0.05, 0) is 52.0 Å². The zero-order valence-corrected chi connectivity index (χ0v) is 12.1. The van der Waals surface area contributed by atoms with E-state index in [-0.39, 0.29) is 5.91 Å². The van der Waals surface area contributed by atoms with E-state index in [9.17, 15) is 4.79 Å². The molecule has 3 N–H and O–H groups in total. The Morgan fingerprint density at radius 3 is 2.50 bits per heavy atom. The summed E-state index contributed by atoms with van der Waals surface area (Å²) in [5.41, 5.74) is 2.19. The lowest BCUT2D eigenvalue weighted by Gasteiger charge is -2.37. The zero-order chi connectivity index (χ0) is 13.5. The molecule has 1 saturated carbocycles. The van der Waals surface area contributed by atoms with Gasteiger partial charge in [0.1, 0.15) is 0 Å². The molecule has 0 saturated heterocycles. The number of carbonyl (C=O) groups excluding carboxylic acids is 1. The van der Waals surface area contributed by atoms with Crippen LogP contribution in [0.15, 0.2) is 0 Å². The van der Waals surface area contributed by atoms with Gasteiger partial charge in [-0.1, -0.05) is 13.3 Å². The van der Waals surface area contributed by atoms with Crippen LogP contribution in [0.1, 0.15) is 58.8 Å². The van der Waals surface area contributed by atoms with Crippen molar-refractivity contribution < 1.29 is 4.79 Å². The SMILES string of the molecule is CCC1CCC(N(C)C(C)CCC(=O)NN)CC1. The molecule has 1 aliphatic rings. The number of hydrogen-bond donors (Lipinski definition) is 2. The minimum Gasteiger partial charge on any atom is -0.301 e. The normalized spacial score (nSPS) is 26.1. The van der Waals surface area contributed by atoms with E-state index in [4.69, 9.17) is 5.84 Å². The Morgan fingerprint density at radius 1 is 1.39 bits per heavy atom. The molecule has 1 unspecified atom stereocenters. The van der Waals surface area contributed by atoms with Crippen LogP contribution in [0.2, 0.25) is 0 Å². The fourth-order valence-electron chi connectivity index (χ4n) is 2.94. The molecule has 1 rings (SSSR count). The van der Waals surface area contributed by atoms with Crippen LogP contribution in [-0.4, -0.2) is 29.9 Å². The van der Waals surface area contributed by atoms with Crippen molar-refractivity contribution in [3.05, 3.63) is 0 Å². The average molecular weight is 255 g/mol. The molecule has 0 heterocycles. The molecular formula is C14H29N3O. The Morgan fingerprint density at radius 2 is 2.00 bits per heavy atom. The van der Waals surface area contributed by atoms with E-state index >= 15 is 0 Å². The molecule has 4 nitrogen and oxygen atoms in total. The third-order valence-electron chi connectivity index (χ3n) is 4.62. The summed E-state index contributed by atoms with van der Waals surface area (Å²) >= 11 is 0. The summed E-state index contributed by atoms with van der Waals surface area (Å²) < 4.78 is 0. The first-order chi connectivity index (χ1) is 8.58. The second kappa shape index (κ2) is 7.74. The second-order valence-corrected chi connectivity index (χ2v) is 5.70. The van der Waals surface area contributed by atoms with Gasteiger partial charge >= 0.3 is 0 Å². The highest BCUT2D eigenvalue weighted by molar-refractivity contribution is 5.75. The summed E-state index contributed by atoms with van der Waals surface area (Å²) in [7, 11) is 2.20. The van der Waals surface area contributed by atoms with E-state index in [1.165, 1.54) is 32.1 Å². The predicted octanol–water partition coefficient (Wildman–Crippen LogP) is 2.05. The Kier molecular flexibility index (Phi) is 6.65. The van der Waals surface area contributed by atoms with Crippen LogP contribution in [0.5, 0.6) is 0 Å². The molecule has 0 aromatic heterocycles.